The van der Waals surface area contributed by atoms with Crippen molar-refractivity contribution in [1.82, 2.24) is 4.57 Å². The number of carbonyl (C=O) groups is 2. The summed E-state index contributed by atoms with van der Waals surface area (Å²) in [6.07, 6.45) is 1.95. The number of amides is 2. The second-order valence-corrected chi connectivity index (χ2v) is 9.30. The summed E-state index contributed by atoms with van der Waals surface area (Å²) in [6.45, 7) is 0. The van der Waals surface area contributed by atoms with Gasteiger partial charge in [0.25, 0.3) is 15.9 Å². The number of aryl methyl sites for hydroxylation is 2. The molecule has 166 valence electrons. The van der Waals surface area contributed by atoms with Gasteiger partial charge in [-0.25, -0.2) is 12.8 Å². The number of nitrogens with one attached hydrogen (secondary N) is 1. The number of hydrogen-bond acceptors (Lipinski definition) is 4. The summed E-state index contributed by atoms with van der Waals surface area (Å²) in [7, 11) is -2.75. The number of aromatic nitrogens is 1. The number of fused-ring (bicyclic) bond motifs is 1. The topological polar surface area (TPSA) is 114 Å². The molecule has 2 amide bonds. The Morgan fingerprint density at radius 1 is 1.12 bits per heavy atom. The number of halogens is 1. The largest absolute Gasteiger partial charge is 0.364 e. The molecule has 3 N–H and O–H groups in total. The van der Waals surface area contributed by atoms with Gasteiger partial charge in [0, 0.05) is 13.2 Å². The molecule has 32 heavy (non-hydrogen) atoms. The minimum absolute atomic E-state index is 0.0150. The number of hydrogen-bond donors (Lipinski definition) is 2. The summed E-state index contributed by atoms with van der Waals surface area (Å²) < 4.78 is 43.8. The van der Waals surface area contributed by atoms with Gasteiger partial charge < -0.3 is 15.6 Å². The lowest BCUT2D eigenvalue weighted by atomic mass is 9.97. The second-order valence-electron chi connectivity index (χ2n) is 7.49. The van der Waals surface area contributed by atoms with Crippen LogP contribution in [-0.2, 0) is 28.3 Å². The Balaban J connectivity index is 1.79. The first-order valence-electron chi connectivity index (χ1n) is 9.84. The van der Waals surface area contributed by atoms with Crippen LogP contribution in [0.4, 0.5) is 15.8 Å². The Morgan fingerprint density at radius 3 is 2.50 bits per heavy atom. The van der Waals surface area contributed by atoms with Gasteiger partial charge in [0.05, 0.1) is 11.4 Å². The number of anilines is 2. The molecule has 0 spiro atoms. The number of rotatable bonds is 5. The fraction of sp³-hybridized carbons (Fsp3) is 0.182. The molecule has 4 rings (SSSR count). The minimum Gasteiger partial charge on any atom is -0.364 e. The van der Waals surface area contributed by atoms with E-state index in [4.69, 9.17) is 5.73 Å². The quantitative estimate of drug-likeness (QED) is 0.614. The minimum atomic E-state index is -4.26. The summed E-state index contributed by atoms with van der Waals surface area (Å²) in [5.41, 5.74) is 6.43. The standard InChI is InChI=1S/C22H21FN4O4S/c1-26-13-15(12-20(26)21(24)28)32(30,31)27-18-9-5-2-6-14(18)10-11-19(27)22(29)25-17-8-4-3-7-16(17)23/h2-9,12-13,19H,10-11H2,1H3,(H2,24,28)(H,25,29). The van der Waals surface area contributed by atoms with Gasteiger partial charge in [-0.2, -0.15) is 0 Å². The van der Waals surface area contributed by atoms with E-state index in [1.807, 2.05) is 0 Å². The summed E-state index contributed by atoms with van der Waals surface area (Å²) in [4.78, 5) is 24.6. The van der Waals surface area contributed by atoms with E-state index in [1.54, 1.807) is 30.3 Å². The van der Waals surface area contributed by atoms with E-state index in [-0.39, 0.29) is 22.7 Å². The summed E-state index contributed by atoms with van der Waals surface area (Å²) >= 11 is 0. The Kier molecular flexibility index (Phi) is 5.47. The number of para-hydroxylation sites is 2. The van der Waals surface area contributed by atoms with Gasteiger partial charge in [0.2, 0.25) is 5.91 Å². The molecule has 3 aromatic rings. The average Bonchev–Trinajstić information content (AvgIpc) is 3.17. The van der Waals surface area contributed by atoms with E-state index in [9.17, 15) is 22.4 Å². The van der Waals surface area contributed by atoms with Gasteiger partial charge in [0.15, 0.2) is 0 Å². The fourth-order valence-electron chi connectivity index (χ4n) is 3.86. The van der Waals surface area contributed by atoms with Crippen LogP contribution < -0.4 is 15.4 Å². The zero-order chi connectivity index (χ0) is 23.0. The Hall–Kier alpha value is -3.66. The van der Waals surface area contributed by atoms with E-state index in [0.717, 1.165) is 9.87 Å². The summed E-state index contributed by atoms with van der Waals surface area (Å²) in [5, 5.41) is 2.50. The van der Waals surface area contributed by atoms with Gasteiger partial charge in [-0.15, -0.1) is 0 Å². The Bertz CT molecular complexity index is 1320. The van der Waals surface area contributed by atoms with Gasteiger partial charge in [-0.1, -0.05) is 30.3 Å². The lowest BCUT2D eigenvalue weighted by Gasteiger charge is -2.36. The summed E-state index contributed by atoms with van der Waals surface area (Å²) in [6, 6.07) is 12.6. The Labute approximate surface area is 184 Å². The van der Waals surface area contributed by atoms with Crippen LogP contribution in [0.2, 0.25) is 0 Å². The highest BCUT2D eigenvalue weighted by atomic mass is 32.2. The number of carbonyl (C=O) groups excluding carboxylic acids is 2. The van der Waals surface area contributed by atoms with Crippen molar-refractivity contribution in [2.24, 2.45) is 12.8 Å². The Morgan fingerprint density at radius 2 is 1.81 bits per heavy atom. The molecular formula is C22H21FN4O4S. The van der Waals surface area contributed by atoms with Crippen LogP contribution in [0.15, 0.2) is 65.7 Å². The molecule has 1 aliphatic heterocycles. The van der Waals surface area contributed by atoms with Crippen LogP contribution in [0.1, 0.15) is 22.5 Å². The molecule has 0 fully saturated rings. The van der Waals surface area contributed by atoms with Crippen LogP contribution in [-0.4, -0.2) is 30.8 Å². The van der Waals surface area contributed by atoms with E-state index < -0.39 is 33.7 Å². The monoisotopic (exact) mass is 456 g/mol. The van der Waals surface area contributed by atoms with E-state index >= 15 is 0 Å². The van der Waals surface area contributed by atoms with E-state index in [0.29, 0.717) is 12.1 Å². The van der Waals surface area contributed by atoms with Crippen molar-refractivity contribution in [1.29, 1.82) is 0 Å². The highest BCUT2D eigenvalue weighted by Gasteiger charge is 2.40. The first kappa shape index (κ1) is 21.6. The molecular weight excluding hydrogens is 435 g/mol. The maximum atomic E-state index is 14.1. The van der Waals surface area contributed by atoms with E-state index in [2.05, 4.69) is 5.32 Å². The highest BCUT2D eigenvalue weighted by Crippen LogP contribution is 2.36. The molecule has 2 heterocycles. The van der Waals surface area contributed by atoms with Gasteiger partial charge in [-0.3, -0.25) is 13.9 Å². The molecule has 1 aliphatic rings. The maximum Gasteiger partial charge on any atom is 0.266 e. The van der Waals surface area contributed by atoms with Crippen molar-refractivity contribution in [3.63, 3.8) is 0 Å². The third kappa shape index (κ3) is 3.73. The SMILES string of the molecule is Cn1cc(S(=O)(=O)N2c3ccccc3CCC2C(=O)Nc2ccccc2F)cc1C(N)=O. The lowest BCUT2D eigenvalue weighted by molar-refractivity contribution is -0.117. The van der Waals surface area contributed by atoms with Gasteiger partial charge in [0.1, 0.15) is 22.4 Å². The number of primary amides is 1. The molecule has 0 saturated carbocycles. The van der Waals surface area contributed by atoms with Crippen molar-refractivity contribution in [3.8, 4) is 0 Å². The van der Waals surface area contributed by atoms with Crippen molar-refractivity contribution < 1.29 is 22.4 Å². The lowest BCUT2D eigenvalue weighted by Crippen LogP contribution is -2.50. The highest BCUT2D eigenvalue weighted by molar-refractivity contribution is 7.93. The molecule has 0 radical (unpaired) electrons. The van der Waals surface area contributed by atoms with Crippen LogP contribution >= 0.6 is 0 Å². The number of sulfonamides is 1. The van der Waals surface area contributed by atoms with Crippen LogP contribution in [0.3, 0.4) is 0 Å². The third-order valence-corrected chi connectivity index (χ3v) is 7.21. The molecule has 1 aromatic heterocycles. The zero-order valence-corrected chi connectivity index (χ0v) is 18.0. The van der Waals surface area contributed by atoms with Crippen LogP contribution in [0.25, 0.3) is 0 Å². The first-order chi connectivity index (χ1) is 15.2. The maximum absolute atomic E-state index is 14.1. The average molecular weight is 456 g/mol. The smallest absolute Gasteiger partial charge is 0.266 e. The van der Waals surface area contributed by atoms with E-state index in [1.165, 1.54) is 42.1 Å². The van der Waals surface area contributed by atoms with Crippen LogP contribution in [0.5, 0.6) is 0 Å². The van der Waals surface area contributed by atoms with Gasteiger partial charge >= 0.3 is 0 Å². The van der Waals surface area contributed by atoms with Gasteiger partial charge in [-0.05, 0) is 42.7 Å². The molecule has 10 heteroatoms. The summed E-state index contributed by atoms with van der Waals surface area (Å²) in [5.74, 6) is -2.05. The molecule has 0 saturated heterocycles. The number of benzene rings is 2. The molecule has 1 atom stereocenters. The predicted octanol–water partition coefficient (Wildman–Crippen LogP) is 2.41. The molecule has 2 aromatic carbocycles. The molecule has 1 unspecified atom stereocenters. The molecule has 0 bridgehead atoms. The fourth-order valence-corrected chi connectivity index (χ4v) is 5.61. The van der Waals surface area contributed by atoms with Crippen molar-refractivity contribution >= 4 is 33.2 Å². The van der Waals surface area contributed by atoms with Crippen LogP contribution in [0, 0.1) is 5.82 Å². The molecule has 8 nitrogen and oxygen atoms in total. The molecule has 0 aliphatic carbocycles. The first-order valence-corrected chi connectivity index (χ1v) is 11.3. The number of nitrogens with two attached hydrogens (primary N) is 1. The van der Waals surface area contributed by atoms with Crippen molar-refractivity contribution in [3.05, 3.63) is 77.9 Å². The predicted molar refractivity (Wildman–Crippen MR) is 117 cm³/mol. The normalized spacial score (nSPS) is 15.8. The third-order valence-electron chi connectivity index (χ3n) is 5.42. The second kappa shape index (κ2) is 8.12. The number of nitrogens with zero attached hydrogens (tertiary/aromatic N) is 2. The van der Waals surface area contributed by atoms with Crippen molar-refractivity contribution in [2.75, 3.05) is 9.62 Å². The van der Waals surface area contributed by atoms with Crippen molar-refractivity contribution in [2.45, 2.75) is 23.8 Å². The zero-order valence-electron chi connectivity index (χ0n) is 17.2.